The van der Waals surface area contributed by atoms with E-state index in [1.54, 1.807) is 4.98 Å². The predicted octanol–water partition coefficient (Wildman–Crippen LogP) is -2.38. The molecule has 1 aliphatic heterocycles. The van der Waals surface area contributed by atoms with Gasteiger partial charge in [0.05, 0.1) is 12.3 Å². The van der Waals surface area contributed by atoms with Crippen LogP contribution in [0.1, 0.15) is 13.2 Å². The number of nitrogens with zero attached hydrogens (tertiary/aromatic N) is 1. The summed E-state index contributed by atoms with van der Waals surface area (Å²) in [5.41, 5.74) is -2.06. The van der Waals surface area contributed by atoms with Gasteiger partial charge in [0.15, 0.2) is 6.23 Å². The van der Waals surface area contributed by atoms with Crippen LogP contribution in [0, 0.1) is 5.82 Å². The number of halogens is 1. The Kier molecular flexibility index (Phi) is 8.60. The Morgan fingerprint density at radius 3 is 1.87 bits per heavy atom. The molecule has 1 aromatic rings. The highest BCUT2D eigenvalue weighted by atomic mass is 31.3. The van der Waals surface area contributed by atoms with E-state index in [9.17, 15) is 37.9 Å². The zero-order valence-corrected chi connectivity index (χ0v) is 17.1. The van der Waals surface area contributed by atoms with Crippen molar-refractivity contribution in [3.63, 3.8) is 0 Å². The summed E-state index contributed by atoms with van der Waals surface area (Å²) in [7, 11) is -16.2. The number of rotatable bonds is 5. The first kappa shape index (κ1) is 26.9. The van der Waals surface area contributed by atoms with Crippen LogP contribution in [0.4, 0.5) is 4.39 Å². The van der Waals surface area contributed by atoms with Crippen molar-refractivity contribution < 1.29 is 66.1 Å². The molecule has 21 heteroatoms. The van der Waals surface area contributed by atoms with Crippen LogP contribution in [0.25, 0.3) is 0 Å². The smallest absolute Gasteiger partial charge is 0.388 e. The number of H-pyrrole nitrogens is 1. The van der Waals surface area contributed by atoms with Gasteiger partial charge in [0.25, 0.3) is 5.56 Å². The molecule has 30 heavy (non-hydrogen) atoms. The van der Waals surface area contributed by atoms with Gasteiger partial charge in [-0.3, -0.25) is 14.3 Å². The molecule has 0 unspecified atom stereocenters. The largest absolute Gasteiger partial charge is 0.490 e. The molecular formula is C9H16FN2O15P3. The van der Waals surface area contributed by atoms with Crippen LogP contribution in [-0.2, 0) is 27.1 Å². The lowest BCUT2D eigenvalue weighted by Crippen LogP contribution is -2.38. The number of nitrogens with one attached hydrogen (secondary N) is 1. The van der Waals surface area contributed by atoms with Gasteiger partial charge in [0.1, 0.15) is 12.2 Å². The standard InChI is InChI=1S/C9H11FN2O5.H5O10P3/c1-3-5(13)6(14)8(17-3)12-2-4(10)7(15)11-9(12)16;1-11(2,3)9-13(7,8)10-12(4,5)6/h2-3,5-6,8,13-14H,1H3,(H,11,15,16);(H,7,8)(H2,1,2,3)(H2,4,5,6)/t3-,5-,6-,8-;/m1./s1. The first-order valence-corrected chi connectivity index (χ1v) is 11.8. The molecule has 0 amide bonds. The second-order valence-electron chi connectivity index (χ2n) is 5.47. The minimum absolute atomic E-state index is 0.639. The number of phosphoric acid groups is 3. The summed E-state index contributed by atoms with van der Waals surface area (Å²) in [5, 5.41) is 19.1. The number of hydrogen-bond acceptors (Lipinski definition) is 10. The van der Waals surface area contributed by atoms with Gasteiger partial charge in [-0.05, 0) is 6.92 Å². The molecule has 1 aromatic heterocycles. The lowest BCUT2D eigenvalue weighted by molar-refractivity contribution is -0.0356. The van der Waals surface area contributed by atoms with Gasteiger partial charge in [0, 0.05) is 0 Å². The lowest BCUT2D eigenvalue weighted by Gasteiger charge is -2.16. The molecule has 0 saturated carbocycles. The Morgan fingerprint density at radius 2 is 1.50 bits per heavy atom. The molecule has 174 valence electrons. The summed E-state index contributed by atoms with van der Waals surface area (Å²) < 4.78 is 55.2. The number of aromatic nitrogens is 2. The summed E-state index contributed by atoms with van der Waals surface area (Å²) in [4.78, 5) is 64.2. The fraction of sp³-hybridized carbons (Fsp3) is 0.556. The van der Waals surface area contributed by atoms with Gasteiger partial charge in [-0.15, -0.1) is 0 Å². The SMILES string of the molecule is C[C@H]1O[C@@H](n2cc(F)c(=O)[nH]c2=O)[C@H](O)[C@@H]1O.O=P(O)(O)OP(=O)(O)OP(=O)(O)O. The molecule has 0 bridgehead atoms. The van der Waals surface area contributed by atoms with E-state index < -0.39 is 65.1 Å². The minimum Gasteiger partial charge on any atom is -0.388 e. The van der Waals surface area contributed by atoms with Crippen LogP contribution >= 0.6 is 23.5 Å². The number of aliphatic hydroxyl groups is 2. The second-order valence-corrected chi connectivity index (χ2v) is 9.68. The number of ether oxygens (including phenoxy) is 1. The summed E-state index contributed by atoms with van der Waals surface area (Å²) in [6.45, 7) is 1.50. The van der Waals surface area contributed by atoms with E-state index in [2.05, 4.69) is 8.62 Å². The molecule has 1 fully saturated rings. The van der Waals surface area contributed by atoms with E-state index in [-0.39, 0.29) is 0 Å². The Balaban J connectivity index is 0.000000314. The third-order valence-corrected chi connectivity index (χ3v) is 6.45. The molecule has 2 rings (SSSR count). The van der Waals surface area contributed by atoms with Gasteiger partial charge in [-0.2, -0.15) is 13.0 Å². The third kappa shape index (κ3) is 8.20. The Morgan fingerprint density at radius 1 is 1.03 bits per heavy atom. The predicted molar refractivity (Wildman–Crippen MR) is 89.0 cm³/mol. The van der Waals surface area contributed by atoms with Crippen LogP contribution in [0.2, 0.25) is 0 Å². The molecule has 4 atom stereocenters. The Labute approximate surface area is 164 Å². The molecule has 0 radical (unpaired) electrons. The number of aliphatic hydroxyl groups excluding tert-OH is 2. The summed E-state index contributed by atoms with van der Waals surface area (Å²) in [6.07, 6.45) is -3.83. The van der Waals surface area contributed by atoms with Gasteiger partial charge >= 0.3 is 29.2 Å². The number of aromatic amines is 1. The van der Waals surface area contributed by atoms with Gasteiger partial charge in [-0.1, -0.05) is 0 Å². The zero-order valence-electron chi connectivity index (χ0n) is 14.5. The van der Waals surface area contributed by atoms with E-state index in [1.165, 1.54) is 6.92 Å². The molecule has 17 nitrogen and oxygen atoms in total. The average molecular weight is 504 g/mol. The number of hydrogen-bond donors (Lipinski definition) is 8. The highest BCUT2D eigenvalue weighted by Crippen LogP contribution is 2.64. The van der Waals surface area contributed by atoms with Crippen molar-refractivity contribution in [1.82, 2.24) is 9.55 Å². The van der Waals surface area contributed by atoms with Crippen LogP contribution in [0.5, 0.6) is 0 Å². The lowest BCUT2D eigenvalue weighted by atomic mass is 10.1. The van der Waals surface area contributed by atoms with Crippen LogP contribution in [0.3, 0.4) is 0 Å². The summed E-state index contributed by atoms with van der Waals surface area (Å²) >= 11 is 0. The fourth-order valence-corrected chi connectivity index (χ4v) is 4.53. The van der Waals surface area contributed by atoms with Crippen molar-refractivity contribution in [2.45, 2.75) is 31.5 Å². The van der Waals surface area contributed by atoms with Gasteiger partial charge in [-0.25, -0.2) is 18.5 Å². The van der Waals surface area contributed by atoms with E-state index in [0.29, 0.717) is 10.8 Å². The minimum atomic E-state index is -5.46. The van der Waals surface area contributed by atoms with Crippen molar-refractivity contribution >= 4 is 23.5 Å². The normalized spacial score (nSPS) is 25.0. The first-order valence-electron chi connectivity index (χ1n) is 7.22. The molecule has 0 spiro atoms. The van der Waals surface area contributed by atoms with Gasteiger partial charge < -0.3 is 39.4 Å². The van der Waals surface area contributed by atoms with Crippen LogP contribution < -0.4 is 11.2 Å². The molecule has 0 aliphatic carbocycles. The van der Waals surface area contributed by atoms with Gasteiger partial charge in [0.2, 0.25) is 5.82 Å². The maximum atomic E-state index is 13.0. The van der Waals surface area contributed by atoms with E-state index >= 15 is 0 Å². The average Bonchev–Trinajstić information content (AvgIpc) is 2.74. The van der Waals surface area contributed by atoms with Crippen molar-refractivity contribution in [2.24, 2.45) is 0 Å². The van der Waals surface area contributed by atoms with Crippen molar-refractivity contribution in [2.75, 3.05) is 0 Å². The molecule has 1 aliphatic rings. The Hall–Kier alpha value is -1.10. The Bertz CT molecular complexity index is 983. The van der Waals surface area contributed by atoms with Crippen LogP contribution in [0.15, 0.2) is 15.8 Å². The van der Waals surface area contributed by atoms with E-state index in [4.69, 9.17) is 29.2 Å². The highest BCUT2D eigenvalue weighted by Gasteiger charge is 2.42. The fourth-order valence-electron chi connectivity index (χ4n) is 1.99. The third-order valence-electron chi connectivity index (χ3n) is 3.09. The second kappa shape index (κ2) is 9.58. The van der Waals surface area contributed by atoms with Crippen molar-refractivity contribution in [3.05, 3.63) is 32.9 Å². The van der Waals surface area contributed by atoms with E-state index in [1.807, 2.05) is 0 Å². The molecule has 1 saturated heterocycles. The maximum Gasteiger partial charge on any atom is 0.490 e. The highest BCUT2D eigenvalue weighted by molar-refractivity contribution is 7.66. The quantitative estimate of drug-likeness (QED) is 0.194. The van der Waals surface area contributed by atoms with E-state index in [0.717, 1.165) is 0 Å². The molecular weight excluding hydrogens is 488 g/mol. The molecule has 2 heterocycles. The summed E-state index contributed by atoms with van der Waals surface area (Å²) in [6, 6.07) is 0. The molecule has 0 aromatic carbocycles. The van der Waals surface area contributed by atoms with Crippen molar-refractivity contribution in [1.29, 1.82) is 0 Å². The first-order chi connectivity index (χ1) is 13.3. The summed E-state index contributed by atoms with van der Waals surface area (Å²) in [5.74, 6) is -1.17. The van der Waals surface area contributed by atoms with Crippen LogP contribution in [-0.4, -0.2) is 62.5 Å². The maximum absolute atomic E-state index is 13.0. The van der Waals surface area contributed by atoms with Crippen molar-refractivity contribution in [3.8, 4) is 0 Å². The topological polar surface area (TPSA) is 275 Å². The zero-order chi connectivity index (χ0) is 23.7. The monoisotopic (exact) mass is 504 g/mol. The molecule has 8 N–H and O–H groups in total.